The fraction of sp³-hybridized carbons (Fsp3) is 1.00. The van der Waals surface area contributed by atoms with E-state index in [0.717, 1.165) is 6.42 Å². The van der Waals surface area contributed by atoms with E-state index in [-0.39, 0.29) is 48.4 Å². The Balaban J connectivity index is 3.32. The van der Waals surface area contributed by atoms with Crippen molar-refractivity contribution in [1.82, 2.24) is 0 Å². The van der Waals surface area contributed by atoms with E-state index in [1.165, 1.54) is 0 Å². The Morgan fingerprint density at radius 1 is 1.00 bits per heavy atom. The summed E-state index contributed by atoms with van der Waals surface area (Å²) in [5.74, 6) is 0.987. The average molecular weight is 446 g/mol. The topological polar surface area (TPSA) is 83.2 Å². The molecule has 1 aliphatic rings. The molecule has 0 amide bonds. The zero-order valence-electron chi connectivity index (χ0n) is 22.1. The average Bonchev–Trinajstić information content (AvgIpc) is 3.03. The van der Waals surface area contributed by atoms with E-state index in [1.807, 2.05) is 6.92 Å². The lowest BCUT2D eigenvalue weighted by atomic mass is 9.67. The first-order valence-electron chi connectivity index (χ1n) is 11.9. The first kappa shape index (κ1) is 28.8. The minimum atomic E-state index is -0.898. The molecule has 0 bridgehead atoms. The van der Waals surface area contributed by atoms with E-state index in [1.54, 1.807) is 13.8 Å². The number of ether oxygens (including phenoxy) is 4. The van der Waals surface area contributed by atoms with Crippen LogP contribution in [-0.4, -0.2) is 60.2 Å². The Morgan fingerprint density at radius 3 is 2.03 bits per heavy atom. The summed E-state index contributed by atoms with van der Waals surface area (Å²) in [5.41, 5.74) is 3.63. The Morgan fingerprint density at radius 2 is 1.58 bits per heavy atom. The summed E-state index contributed by atoms with van der Waals surface area (Å²) in [5, 5.41) is 10.3. The van der Waals surface area contributed by atoms with E-state index in [4.69, 9.17) is 24.7 Å². The highest BCUT2D eigenvalue weighted by molar-refractivity contribution is 5.01. The summed E-state index contributed by atoms with van der Waals surface area (Å²) < 4.78 is 24.9. The van der Waals surface area contributed by atoms with Gasteiger partial charge in [-0.3, -0.25) is 0 Å². The van der Waals surface area contributed by atoms with Gasteiger partial charge in [-0.1, -0.05) is 13.8 Å². The summed E-state index contributed by atoms with van der Waals surface area (Å²) >= 11 is 0. The third-order valence-electron chi connectivity index (χ3n) is 6.76. The van der Waals surface area contributed by atoms with Crippen LogP contribution in [0.25, 0.3) is 0 Å². The lowest BCUT2D eigenvalue weighted by molar-refractivity contribution is -0.163. The molecular weight excluding hydrogens is 394 g/mol. The zero-order valence-corrected chi connectivity index (χ0v) is 22.1. The maximum absolute atomic E-state index is 10.3. The van der Waals surface area contributed by atoms with Crippen LogP contribution >= 0.6 is 0 Å². The molecule has 1 heterocycles. The van der Waals surface area contributed by atoms with Gasteiger partial charge in [0, 0.05) is 18.4 Å². The molecule has 0 aliphatic carbocycles. The second-order valence-corrected chi connectivity index (χ2v) is 11.8. The van der Waals surface area contributed by atoms with Gasteiger partial charge in [-0.25, -0.2) is 0 Å². The molecule has 4 unspecified atom stereocenters. The predicted molar refractivity (Wildman–Crippen MR) is 126 cm³/mol. The monoisotopic (exact) mass is 445 g/mol. The molecule has 4 atom stereocenters. The Bertz CT molecular complexity index is 539. The molecule has 0 aromatic rings. The number of hydrogen-bond acceptors (Lipinski definition) is 6. The normalized spacial score (nSPS) is 24.8. The first-order chi connectivity index (χ1) is 14.0. The van der Waals surface area contributed by atoms with Crippen LogP contribution in [0.4, 0.5) is 0 Å². The van der Waals surface area contributed by atoms with Crippen molar-refractivity contribution in [3.63, 3.8) is 0 Å². The maximum atomic E-state index is 10.3. The maximum Gasteiger partial charge on any atom is 0.0947 e. The summed E-state index contributed by atoms with van der Waals surface area (Å²) in [6, 6.07) is 0. The summed E-state index contributed by atoms with van der Waals surface area (Å²) in [4.78, 5) is 0. The van der Waals surface area contributed by atoms with Gasteiger partial charge in [0.1, 0.15) is 0 Å². The molecule has 1 fully saturated rings. The molecule has 1 aliphatic heterocycles. The second-order valence-electron chi connectivity index (χ2n) is 11.8. The van der Waals surface area contributed by atoms with Crippen LogP contribution in [0.1, 0.15) is 82.6 Å². The third kappa shape index (κ3) is 8.24. The highest BCUT2D eigenvalue weighted by atomic mass is 16.5. The molecule has 1 rings (SSSR count). The van der Waals surface area contributed by atoms with Crippen molar-refractivity contribution >= 4 is 0 Å². The van der Waals surface area contributed by atoms with Crippen LogP contribution < -0.4 is 5.73 Å². The Hall–Kier alpha value is -0.240. The number of rotatable bonds is 13. The standard InChI is InChI=1S/C25H51NO5/c1-12-29-23(6,7)13-18(24(8,9)30-15-22(4,5)27)21-20(17(2)3)19(14-28-21)25(10,11)31-16-26/h17-21,27H,12-16,26H2,1-11H3. The lowest BCUT2D eigenvalue weighted by Gasteiger charge is -2.46. The minimum absolute atomic E-state index is 0.0119. The van der Waals surface area contributed by atoms with Crippen molar-refractivity contribution < 1.29 is 24.1 Å². The van der Waals surface area contributed by atoms with Gasteiger partial charge < -0.3 is 29.8 Å². The van der Waals surface area contributed by atoms with Crippen molar-refractivity contribution in [2.45, 2.75) is 111 Å². The third-order valence-corrected chi connectivity index (χ3v) is 6.76. The number of aliphatic hydroxyl groups is 1. The minimum Gasteiger partial charge on any atom is -0.388 e. The molecular formula is C25H51NO5. The molecule has 3 N–H and O–H groups in total. The highest BCUT2D eigenvalue weighted by Gasteiger charge is 2.53. The van der Waals surface area contributed by atoms with Crippen LogP contribution in [0.3, 0.4) is 0 Å². The van der Waals surface area contributed by atoms with Crippen LogP contribution in [0.2, 0.25) is 0 Å². The molecule has 0 aromatic carbocycles. The predicted octanol–water partition coefficient (Wildman–Crippen LogP) is 4.37. The lowest BCUT2D eigenvalue weighted by Crippen LogP contribution is -2.51. The van der Waals surface area contributed by atoms with Crippen molar-refractivity contribution in [3.8, 4) is 0 Å². The van der Waals surface area contributed by atoms with Gasteiger partial charge in [0.05, 0.1) is 48.5 Å². The van der Waals surface area contributed by atoms with Crippen LogP contribution in [0.15, 0.2) is 0 Å². The molecule has 186 valence electrons. The van der Waals surface area contributed by atoms with Gasteiger partial charge in [-0.15, -0.1) is 0 Å². The number of nitrogens with two attached hydrogens (primary N) is 1. The van der Waals surface area contributed by atoms with Crippen molar-refractivity contribution in [3.05, 3.63) is 0 Å². The fourth-order valence-corrected chi connectivity index (χ4v) is 5.09. The van der Waals surface area contributed by atoms with Crippen molar-refractivity contribution in [2.24, 2.45) is 29.4 Å². The summed E-state index contributed by atoms with van der Waals surface area (Å²) in [6.45, 7) is 24.5. The second kappa shape index (κ2) is 10.8. The smallest absolute Gasteiger partial charge is 0.0947 e. The zero-order chi connectivity index (χ0) is 24.3. The van der Waals surface area contributed by atoms with E-state index in [0.29, 0.717) is 19.1 Å². The van der Waals surface area contributed by atoms with Gasteiger partial charge in [0.2, 0.25) is 0 Å². The SMILES string of the molecule is CCOC(C)(C)CC(C1OCC(C(C)(C)OCN)C1C(C)C)C(C)(C)OCC(C)(C)O. The molecule has 0 aromatic heterocycles. The van der Waals surface area contributed by atoms with E-state index >= 15 is 0 Å². The Kier molecular flexibility index (Phi) is 10.0. The van der Waals surface area contributed by atoms with Gasteiger partial charge in [0.25, 0.3) is 0 Å². The highest BCUT2D eigenvalue weighted by Crippen LogP contribution is 2.48. The van der Waals surface area contributed by atoms with Crippen molar-refractivity contribution in [2.75, 3.05) is 26.6 Å². The van der Waals surface area contributed by atoms with E-state index in [9.17, 15) is 5.11 Å². The fourth-order valence-electron chi connectivity index (χ4n) is 5.09. The van der Waals surface area contributed by atoms with Crippen LogP contribution in [-0.2, 0) is 18.9 Å². The van der Waals surface area contributed by atoms with Gasteiger partial charge in [-0.2, -0.15) is 0 Å². The van der Waals surface area contributed by atoms with Gasteiger partial charge >= 0.3 is 0 Å². The quantitative estimate of drug-likeness (QED) is 0.410. The largest absolute Gasteiger partial charge is 0.388 e. The van der Waals surface area contributed by atoms with Crippen molar-refractivity contribution in [1.29, 1.82) is 0 Å². The summed E-state index contributed by atoms with van der Waals surface area (Å²) in [6.07, 6.45) is 0.778. The van der Waals surface area contributed by atoms with Gasteiger partial charge in [0.15, 0.2) is 0 Å². The van der Waals surface area contributed by atoms with Gasteiger partial charge in [-0.05, 0) is 80.6 Å². The molecule has 31 heavy (non-hydrogen) atoms. The van der Waals surface area contributed by atoms with Crippen LogP contribution in [0, 0.1) is 23.7 Å². The first-order valence-corrected chi connectivity index (χ1v) is 11.9. The molecule has 6 heteroatoms. The number of hydrogen-bond donors (Lipinski definition) is 2. The Labute approximate surface area is 191 Å². The van der Waals surface area contributed by atoms with Crippen LogP contribution in [0.5, 0.6) is 0 Å². The molecule has 0 radical (unpaired) electrons. The molecule has 0 spiro atoms. The molecule has 6 nitrogen and oxygen atoms in total. The molecule has 0 saturated carbocycles. The summed E-state index contributed by atoms with van der Waals surface area (Å²) in [7, 11) is 0. The van der Waals surface area contributed by atoms with E-state index < -0.39 is 11.2 Å². The van der Waals surface area contributed by atoms with E-state index in [2.05, 4.69) is 55.4 Å². The molecule has 1 saturated heterocycles.